The second-order valence-corrected chi connectivity index (χ2v) is 4.03. The minimum Gasteiger partial charge on any atom is -0.382 e. The van der Waals surface area contributed by atoms with Crippen LogP contribution in [0.1, 0.15) is 6.42 Å². The number of amides is 1. The Labute approximate surface area is 116 Å². The van der Waals surface area contributed by atoms with Crippen molar-refractivity contribution in [2.45, 2.75) is 13.0 Å². The average Bonchev–Trinajstić information content (AvgIpc) is 2.42. The van der Waals surface area contributed by atoms with Crippen LogP contribution < -0.4 is 21.5 Å². The van der Waals surface area contributed by atoms with Crippen molar-refractivity contribution < 1.29 is 4.79 Å². The minimum absolute atomic E-state index is 0.152. The van der Waals surface area contributed by atoms with Gasteiger partial charge in [-0.2, -0.15) is 10.4 Å². The zero-order valence-corrected chi connectivity index (χ0v) is 11.3. The summed E-state index contributed by atoms with van der Waals surface area (Å²) in [4.78, 5) is 23.2. The van der Waals surface area contributed by atoms with E-state index in [1.54, 1.807) is 0 Å². The Kier molecular flexibility index (Phi) is 6.78. The van der Waals surface area contributed by atoms with E-state index in [4.69, 9.17) is 5.26 Å². The van der Waals surface area contributed by atoms with Gasteiger partial charge in [0.2, 0.25) is 5.91 Å². The maximum Gasteiger partial charge on any atom is 0.269 e. The first kappa shape index (κ1) is 15.7. The first-order valence-electron chi connectivity index (χ1n) is 6.26. The van der Waals surface area contributed by atoms with Gasteiger partial charge in [0, 0.05) is 25.7 Å². The van der Waals surface area contributed by atoms with Gasteiger partial charge in [-0.1, -0.05) is 0 Å². The molecule has 8 nitrogen and oxygen atoms in total. The standard InChI is InChI=1S/C12H18N6O2/c1-14-5-6-15-10-7-12(20)18(17-8-10)9-11(19)16-4-2-3-13/h7-8,14-15H,2,4-6,9H2,1H3,(H,16,19). The number of aromatic nitrogens is 2. The molecular formula is C12H18N6O2. The van der Waals surface area contributed by atoms with Crippen molar-refractivity contribution in [2.24, 2.45) is 0 Å². The number of nitrogens with zero attached hydrogens (tertiary/aromatic N) is 3. The number of rotatable bonds is 8. The molecule has 0 saturated carbocycles. The third kappa shape index (κ3) is 5.49. The second-order valence-electron chi connectivity index (χ2n) is 4.03. The fourth-order valence-corrected chi connectivity index (χ4v) is 1.43. The van der Waals surface area contributed by atoms with Crippen LogP contribution in [0.25, 0.3) is 0 Å². The Morgan fingerprint density at radius 3 is 2.90 bits per heavy atom. The predicted molar refractivity (Wildman–Crippen MR) is 74.2 cm³/mol. The van der Waals surface area contributed by atoms with Crippen molar-refractivity contribution in [3.63, 3.8) is 0 Å². The summed E-state index contributed by atoms with van der Waals surface area (Å²) >= 11 is 0. The smallest absolute Gasteiger partial charge is 0.269 e. The van der Waals surface area contributed by atoms with Crippen molar-refractivity contribution in [3.05, 3.63) is 22.6 Å². The highest BCUT2D eigenvalue weighted by Gasteiger charge is 2.05. The van der Waals surface area contributed by atoms with E-state index in [1.807, 2.05) is 13.1 Å². The lowest BCUT2D eigenvalue weighted by Gasteiger charge is -2.08. The number of carbonyl (C=O) groups is 1. The third-order valence-corrected chi connectivity index (χ3v) is 2.43. The molecule has 0 atom stereocenters. The average molecular weight is 278 g/mol. The number of carbonyl (C=O) groups excluding carboxylic acids is 1. The molecule has 0 spiro atoms. The van der Waals surface area contributed by atoms with Crippen molar-refractivity contribution in [1.82, 2.24) is 20.4 Å². The molecule has 1 rings (SSSR count). The van der Waals surface area contributed by atoms with Crippen molar-refractivity contribution in [1.29, 1.82) is 5.26 Å². The van der Waals surface area contributed by atoms with Gasteiger partial charge in [-0.15, -0.1) is 0 Å². The van der Waals surface area contributed by atoms with Crippen LogP contribution in [-0.2, 0) is 11.3 Å². The van der Waals surface area contributed by atoms with E-state index in [9.17, 15) is 9.59 Å². The summed E-state index contributed by atoms with van der Waals surface area (Å²) in [7, 11) is 1.84. The number of anilines is 1. The Hall–Kier alpha value is -2.40. The fourth-order valence-electron chi connectivity index (χ4n) is 1.43. The lowest BCUT2D eigenvalue weighted by atomic mass is 10.4. The molecule has 0 unspecified atom stereocenters. The van der Waals surface area contributed by atoms with Crippen molar-refractivity contribution >= 4 is 11.6 Å². The molecule has 0 aromatic carbocycles. The molecule has 0 fully saturated rings. The van der Waals surface area contributed by atoms with Gasteiger partial charge in [-0.3, -0.25) is 9.59 Å². The summed E-state index contributed by atoms with van der Waals surface area (Å²) in [6.07, 6.45) is 1.74. The monoisotopic (exact) mass is 278 g/mol. The Morgan fingerprint density at radius 2 is 2.25 bits per heavy atom. The summed E-state index contributed by atoms with van der Waals surface area (Å²) in [6, 6.07) is 3.31. The molecule has 108 valence electrons. The molecule has 1 heterocycles. The van der Waals surface area contributed by atoms with Crippen LogP contribution >= 0.6 is 0 Å². The van der Waals surface area contributed by atoms with E-state index in [0.29, 0.717) is 12.2 Å². The lowest BCUT2D eigenvalue weighted by molar-refractivity contribution is -0.121. The van der Waals surface area contributed by atoms with Gasteiger partial charge in [-0.05, 0) is 7.05 Å². The number of hydrogen-bond acceptors (Lipinski definition) is 6. The van der Waals surface area contributed by atoms with Gasteiger partial charge in [0.15, 0.2) is 0 Å². The van der Waals surface area contributed by atoms with Crippen LogP contribution in [0.15, 0.2) is 17.1 Å². The van der Waals surface area contributed by atoms with Gasteiger partial charge in [0.25, 0.3) is 5.56 Å². The lowest BCUT2D eigenvalue weighted by Crippen LogP contribution is -2.34. The highest BCUT2D eigenvalue weighted by atomic mass is 16.2. The molecule has 1 aromatic rings. The Balaban J connectivity index is 2.53. The molecule has 0 radical (unpaired) electrons. The first-order chi connectivity index (χ1) is 9.67. The van der Waals surface area contributed by atoms with Crippen LogP contribution in [0.5, 0.6) is 0 Å². The molecule has 1 amide bonds. The zero-order chi connectivity index (χ0) is 14.8. The molecule has 0 aliphatic rings. The van der Waals surface area contributed by atoms with Gasteiger partial charge in [0.05, 0.1) is 24.4 Å². The number of hydrogen-bond donors (Lipinski definition) is 3. The molecule has 0 saturated heterocycles. The van der Waals surface area contributed by atoms with Crippen LogP contribution in [0, 0.1) is 11.3 Å². The first-order valence-corrected chi connectivity index (χ1v) is 6.26. The zero-order valence-electron chi connectivity index (χ0n) is 11.3. The molecule has 0 bridgehead atoms. The van der Waals surface area contributed by atoms with Gasteiger partial charge >= 0.3 is 0 Å². The summed E-state index contributed by atoms with van der Waals surface area (Å²) < 4.78 is 1.07. The van der Waals surface area contributed by atoms with E-state index in [0.717, 1.165) is 11.2 Å². The van der Waals surface area contributed by atoms with Crippen molar-refractivity contribution in [2.75, 3.05) is 32.0 Å². The second kappa shape index (κ2) is 8.66. The van der Waals surface area contributed by atoms with E-state index < -0.39 is 0 Å². The van der Waals surface area contributed by atoms with E-state index in [1.165, 1.54) is 12.3 Å². The molecule has 8 heteroatoms. The SMILES string of the molecule is CNCCNc1cnn(CC(=O)NCCC#N)c(=O)c1. The largest absolute Gasteiger partial charge is 0.382 e. The van der Waals surface area contributed by atoms with Crippen LogP contribution in [-0.4, -0.2) is 42.4 Å². The van der Waals surface area contributed by atoms with E-state index in [2.05, 4.69) is 21.0 Å². The molecule has 3 N–H and O–H groups in total. The maximum absolute atomic E-state index is 11.8. The van der Waals surface area contributed by atoms with Crippen LogP contribution in [0.3, 0.4) is 0 Å². The third-order valence-electron chi connectivity index (χ3n) is 2.43. The fraction of sp³-hybridized carbons (Fsp3) is 0.500. The van der Waals surface area contributed by atoms with Gasteiger partial charge in [-0.25, -0.2) is 4.68 Å². The summed E-state index contributed by atoms with van der Waals surface area (Å²) in [5.74, 6) is -0.342. The highest BCUT2D eigenvalue weighted by molar-refractivity contribution is 5.75. The molecule has 20 heavy (non-hydrogen) atoms. The number of likely N-dealkylation sites (N-methyl/N-ethyl adjacent to an activating group) is 1. The Bertz CT molecular complexity index is 533. The highest BCUT2D eigenvalue weighted by Crippen LogP contribution is 1.98. The quantitative estimate of drug-likeness (QED) is 0.521. The minimum atomic E-state index is -0.352. The number of nitrogens with one attached hydrogen (secondary N) is 3. The molecule has 0 aliphatic heterocycles. The molecule has 0 aliphatic carbocycles. The summed E-state index contributed by atoms with van der Waals surface area (Å²) in [6.45, 7) is 1.56. The number of nitriles is 1. The summed E-state index contributed by atoms with van der Waals surface area (Å²) in [5, 5.41) is 20.8. The molecule has 1 aromatic heterocycles. The predicted octanol–water partition coefficient (Wildman–Crippen LogP) is -1.10. The van der Waals surface area contributed by atoms with E-state index >= 15 is 0 Å². The van der Waals surface area contributed by atoms with Crippen molar-refractivity contribution in [3.8, 4) is 6.07 Å². The molecular weight excluding hydrogens is 260 g/mol. The summed E-state index contributed by atoms with van der Waals surface area (Å²) in [5.41, 5.74) is 0.265. The maximum atomic E-state index is 11.8. The van der Waals surface area contributed by atoms with Crippen LogP contribution in [0.4, 0.5) is 5.69 Å². The Morgan fingerprint density at radius 1 is 1.45 bits per heavy atom. The topological polar surface area (TPSA) is 112 Å². The van der Waals surface area contributed by atoms with Gasteiger partial charge < -0.3 is 16.0 Å². The van der Waals surface area contributed by atoms with E-state index in [-0.39, 0.29) is 31.0 Å². The van der Waals surface area contributed by atoms with Gasteiger partial charge in [0.1, 0.15) is 6.54 Å². The normalized spacial score (nSPS) is 9.80. The van der Waals surface area contributed by atoms with Crippen LogP contribution in [0.2, 0.25) is 0 Å².